The minimum absolute atomic E-state index is 0.0426. The largest absolute Gasteiger partial charge is 0.355 e. The van der Waals surface area contributed by atoms with E-state index in [9.17, 15) is 4.79 Å². The van der Waals surface area contributed by atoms with E-state index in [0.29, 0.717) is 5.41 Å². The van der Waals surface area contributed by atoms with Crippen molar-refractivity contribution in [3.8, 4) is 0 Å². The van der Waals surface area contributed by atoms with Crippen LogP contribution >= 0.6 is 11.6 Å². The Morgan fingerprint density at radius 3 is 2.67 bits per heavy atom. The first kappa shape index (κ1) is 9.85. The van der Waals surface area contributed by atoms with E-state index in [0.717, 1.165) is 6.54 Å². The maximum Gasteiger partial charge on any atom is 0.234 e. The first-order valence-electron chi connectivity index (χ1n) is 4.55. The van der Waals surface area contributed by atoms with Gasteiger partial charge in [0.15, 0.2) is 0 Å². The van der Waals surface area contributed by atoms with Crippen LogP contribution in [0.25, 0.3) is 0 Å². The van der Waals surface area contributed by atoms with Crippen LogP contribution in [-0.2, 0) is 4.79 Å². The lowest BCUT2D eigenvalue weighted by Gasteiger charge is -2.13. The van der Waals surface area contributed by atoms with Crippen LogP contribution in [0.5, 0.6) is 0 Å². The zero-order valence-electron chi connectivity index (χ0n) is 7.53. The number of halogens is 1. The summed E-state index contributed by atoms with van der Waals surface area (Å²) in [6.45, 7) is 3.01. The van der Waals surface area contributed by atoms with Crippen molar-refractivity contribution >= 4 is 17.5 Å². The standard InChI is InChI=1S/C9H16ClNO/c1-2-3-9(4-5-9)7-11-8(12)6-10/h2-7H2,1H3,(H,11,12). The minimum Gasteiger partial charge on any atom is -0.355 e. The smallest absolute Gasteiger partial charge is 0.234 e. The van der Waals surface area contributed by atoms with Crippen LogP contribution < -0.4 is 5.32 Å². The van der Waals surface area contributed by atoms with Crippen molar-refractivity contribution in [2.24, 2.45) is 5.41 Å². The molecule has 0 aliphatic heterocycles. The third kappa shape index (κ3) is 2.67. The molecule has 1 fully saturated rings. The van der Waals surface area contributed by atoms with Gasteiger partial charge in [0.25, 0.3) is 0 Å². The molecule has 1 N–H and O–H groups in total. The van der Waals surface area contributed by atoms with Gasteiger partial charge >= 0.3 is 0 Å². The molecule has 1 aliphatic carbocycles. The molecule has 0 radical (unpaired) electrons. The average molecular weight is 190 g/mol. The van der Waals surface area contributed by atoms with Crippen LogP contribution in [0.4, 0.5) is 0 Å². The molecule has 0 heterocycles. The summed E-state index contributed by atoms with van der Waals surface area (Å²) in [4.78, 5) is 10.8. The molecule has 0 aromatic carbocycles. The molecular weight excluding hydrogens is 174 g/mol. The third-order valence-electron chi connectivity index (χ3n) is 2.52. The molecular formula is C9H16ClNO. The predicted octanol–water partition coefficient (Wildman–Crippen LogP) is 1.92. The Bertz CT molecular complexity index is 166. The molecule has 2 nitrogen and oxygen atoms in total. The van der Waals surface area contributed by atoms with Crippen molar-refractivity contribution < 1.29 is 4.79 Å². The number of amides is 1. The fraction of sp³-hybridized carbons (Fsp3) is 0.889. The topological polar surface area (TPSA) is 29.1 Å². The summed E-state index contributed by atoms with van der Waals surface area (Å²) in [5.74, 6) is 0.0430. The van der Waals surface area contributed by atoms with Crippen molar-refractivity contribution in [1.29, 1.82) is 0 Å². The van der Waals surface area contributed by atoms with Crippen molar-refractivity contribution in [2.45, 2.75) is 32.6 Å². The van der Waals surface area contributed by atoms with Crippen LogP contribution in [0, 0.1) is 5.41 Å². The van der Waals surface area contributed by atoms with Crippen LogP contribution in [0.15, 0.2) is 0 Å². The van der Waals surface area contributed by atoms with Gasteiger partial charge in [-0.2, -0.15) is 0 Å². The highest BCUT2D eigenvalue weighted by molar-refractivity contribution is 6.27. The molecule has 1 saturated carbocycles. The number of hydrogen-bond donors (Lipinski definition) is 1. The van der Waals surface area contributed by atoms with Crippen molar-refractivity contribution in [3.05, 3.63) is 0 Å². The van der Waals surface area contributed by atoms with Crippen molar-refractivity contribution in [2.75, 3.05) is 12.4 Å². The lowest BCUT2D eigenvalue weighted by molar-refractivity contribution is -0.118. The summed E-state index contributed by atoms with van der Waals surface area (Å²) >= 11 is 5.37. The Hall–Kier alpha value is -0.240. The molecule has 0 unspecified atom stereocenters. The Balaban J connectivity index is 2.17. The number of hydrogen-bond acceptors (Lipinski definition) is 1. The second-order valence-corrected chi connectivity index (χ2v) is 3.93. The molecule has 1 rings (SSSR count). The van der Waals surface area contributed by atoms with Crippen LogP contribution in [0.2, 0.25) is 0 Å². The van der Waals surface area contributed by atoms with Gasteiger partial charge in [-0.3, -0.25) is 4.79 Å². The van der Waals surface area contributed by atoms with Gasteiger partial charge in [-0.15, -0.1) is 11.6 Å². The van der Waals surface area contributed by atoms with Crippen molar-refractivity contribution in [1.82, 2.24) is 5.32 Å². The van der Waals surface area contributed by atoms with Crippen LogP contribution in [-0.4, -0.2) is 18.3 Å². The lowest BCUT2D eigenvalue weighted by Crippen LogP contribution is -2.30. The minimum atomic E-state index is -0.0426. The maximum atomic E-state index is 10.8. The molecule has 70 valence electrons. The van der Waals surface area contributed by atoms with Gasteiger partial charge in [0.1, 0.15) is 5.88 Å². The highest BCUT2D eigenvalue weighted by Crippen LogP contribution is 2.48. The van der Waals surface area contributed by atoms with E-state index in [4.69, 9.17) is 11.6 Å². The number of nitrogens with one attached hydrogen (secondary N) is 1. The van der Waals surface area contributed by atoms with Crippen LogP contribution in [0.3, 0.4) is 0 Å². The van der Waals surface area contributed by atoms with Gasteiger partial charge in [0.2, 0.25) is 5.91 Å². The summed E-state index contributed by atoms with van der Waals surface area (Å²) < 4.78 is 0. The monoisotopic (exact) mass is 189 g/mol. The van der Waals surface area contributed by atoms with Gasteiger partial charge < -0.3 is 5.32 Å². The van der Waals surface area contributed by atoms with E-state index in [1.165, 1.54) is 25.7 Å². The molecule has 1 amide bonds. The van der Waals surface area contributed by atoms with Gasteiger partial charge in [-0.1, -0.05) is 13.3 Å². The number of rotatable bonds is 5. The summed E-state index contributed by atoms with van der Waals surface area (Å²) in [5, 5.41) is 2.85. The molecule has 0 aromatic rings. The van der Waals surface area contributed by atoms with Gasteiger partial charge in [-0.25, -0.2) is 0 Å². The van der Waals surface area contributed by atoms with E-state index in [1.54, 1.807) is 0 Å². The SMILES string of the molecule is CCCC1(CNC(=O)CCl)CC1. The first-order valence-corrected chi connectivity index (χ1v) is 5.08. The maximum absolute atomic E-state index is 10.8. The van der Waals surface area contributed by atoms with Crippen molar-refractivity contribution in [3.63, 3.8) is 0 Å². The zero-order chi connectivity index (χ0) is 9.03. The summed E-state index contributed by atoms with van der Waals surface area (Å²) in [6.07, 6.45) is 4.97. The highest BCUT2D eigenvalue weighted by Gasteiger charge is 2.41. The number of carbonyl (C=O) groups excluding carboxylic acids is 1. The zero-order valence-corrected chi connectivity index (χ0v) is 8.28. The Morgan fingerprint density at radius 2 is 2.25 bits per heavy atom. The Labute approximate surface area is 78.7 Å². The molecule has 0 bridgehead atoms. The molecule has 0 atom stereocenters. The fourth-order valence-electron chi connectivity index (χ4n) is 1.56. The van der Waals surface area contributed by atoms with E-state index >= 15 is 0 Å². The van der Waals surface area contributed by atoms with E-state index in [-0.39, 0.29) is 11.8 Å². The van der Waals surface area contributed by atoms with Gasteiger partial charge in [0.05, 0.1) is 0 Å². The molecule has 1 aliphatic rings. The molecule has 3 heteroatoms. The highest BCUT2D eigenvalue weighted by atomic mass is 35.5. The van der Waals surface area contributed by atoms with E-state index in [1.807, 2.05) is 0 Å². The Morgan fingerprint density at radius 1 is 1.58 bits per heavy atom. The Kier molecular flexibility index (Phi) is 3.39. The summed E-state index contributed by atoms with van der Waals surface area (Å²) in [7, 11) is 0. The second kappa shape index (κ2) is 4.13. The molecule has 0 aromatic heterocycles. The quantitative estimate of drug-likeness (QED) is 0.658. The number of carbonyl (C=O) groups is 1. The molecule has 0 saturated heterocycles. The third-order valence-corrected chi connectivity index (χ3v) is 2.76. The van der Waals surface area contributed by atoms with E-state index < -0.39 is 0 Å². The molecule has 12 heavy (non-hydrogen) atoms. The van der Waals surface area contributed by atoms with Gasteiger partial charge in [0, 0.05) is 6.54 Å². The predicted molar refractivity (Wildman–Crippen MR) is 50.3 cm³/mol. The van der Waals surface area contributed by atoms with Gasteiger partial charge in [-0.05, 0) is 24.7 Å². The summed E-state index contributed by atoms with van der Waals surface area (Å²) in [5.41, 5.74) is 0.441. The van der Waals surface area contributed by atoms with Crippen LogP contribution in [0.1, 0.15) is 32.6 Å². The normalized spacial score (nSPS) is 18.8. The fourth-order valence-corrected chi connectivity index (χ4v) is 1.65. The van der Waals surface area contributed by atoms with E-state index in [2.05, 4.69) is 12.2 Å². The molecule has 0 spiro atoms. The average Bonchev–Trinajstić information content (AvgIpc) is 2.82. The lowest BCUT2D eigenvalue weighted by atomic mass is 10.0. The summed E-state index contributed by atoms with van der Waals surface area (Å²) in [6, 6.07) is 0. The second-order valence-electron chi connectivity index (χ2n) is 3.66. The first-order chi connectivity index (χ1) is 5.72. The number of alkyl halides is 1.